The van der Waals surface area contributed by atoms with Crippen molar-refractivity contribution < 1.29 is 17.6 Å². The largest absolute Gasteiger partial charge is 0.468 e. The van der Waals surface area contributed by atoms with Gasteiger partial charge in [0, 0.05) is 19.2 Å². The number of halogens is 4. The molecule has 2 aromatic rings. The number of furan rings is 1. The lowest BCUT2D eigenvalue weighted by Crippen LogP contribution is -2.42. The Balaban J connectivity index is 0.00000341. The zero-order chi connectivity index (χ0) is 21.4. The standard InChI is InChI=1S/C22H25F3N4O.HI/c1-26-21(27-11-5-8-17-7-4-9-18(15-17)22(23,24)25)28-16-19(20-10-6-14-30-20)29-12-2-3-13-29;/h4,6-7,9-10,14-15,19H,2-3,11-13,16H2,1H3,(H2,26,27,28);1H. The maximum Gasteiger partial charge on any atom is 0.416 e. The molecule has 1 aliphatic heterocycles. The number of likely N-dealkylation sites (tertiary alicyclic amines) is 1. The van der Waals surface area contributed by atoms with E-state index in [1.54, 1.807) is 19.4 Å². The molecule has 0 spiro atoms. The number of nitrogens with zero attached hydrogens (tertiary/aromatic N) is 2. The van der Waals surface area contributed by atoms with Gasteiger partial charge in [-0.25, -0.2) is 0 Å². The maximum atomic E-state index is 12.8. The van der Waals surface area contributed by atoms with Crippen molar-refractivity contribution in [2.45, 2.75) is 25.1 Å². The molecule has 0 amide bonds. The van der Waals surface area contributed by atoms with Gasteiger partial charge in [0.15, 0.2) is 5.96 Å². The third-order valence-corrected chi connectivity index (χ3v) is 4.91. The van der Waals surface area contributed by atoms with Gasteiger partial charge in [-0.1, -0.05) is 17.9 Å². The minimum atomic E-state index is -4.37. The number of hydrogen-bond donors (Lipinski definition) is 2. The van der Waals surface area contributed by atoms with Gasteiger partial charge in [0.1, 0.15) is 5.76 Å². The Morgan fingerprint density at radius 3 is 2.61 bits per heavy atom. The predicted octanol–water partition coefficient (Wildman–Crippen LogP) is 4.27. The summed E-state index contributed by atoms with van der Waals surface area (Å²) >= 11 is 0. The summed E-state index contributed by atoms with van der Waals surface area (Å²) in [4.78, 5) is 6.57. The van der Waals surface area contributed by atoms with E-state index in [2.05, 4.69) is 32.4 Å². The summed E-state index contributed by atoms with van der Waals surface area (Å²) in [6.45, 7) is 2.93. The first-order valence-electron chi connectivity index (χ1n) is 9.85. The van der Waals surface area contributed by atoms with Gasteiger partial charge < -0.3 is 15.1 Å². The van der Waals surface area contributed by atoms with E-state index < -0.39 is 11.7 Å². The molecule has 168 valence electrons. The molecule has 1 aromatic heterocycles. The van der Waals surface area contributed by atoms with Crippen molar-refractivity contribution in [1.82, 2.24) is 15.5 Å². The summed E-state index contributed by atoms with van der Waals surface area (Å²) in [5.74, 6) is 7.07. The van der Waals surface area contributed by atoms with Gasteiger partial charge in [-0.3, -0.25) is 9.89 Å². The van der Waals surface area contributed by atoms with E-state index in [0.29, 0.717) is 18.1 Å². The minimum Gasteiger partial charge on any atom is -0.468 e. The lowest BCUT2D eigenvalue weighted by atomic mass is 10.1. The first kappa shape index (κ1) is 25.1. The van der Waals surface area contributed by atoms with Crippen LogP contribution < -0.4 is 10.6 Å². The highest BCUT2D eigenvalue weighted by molar-refractivity contribution is 14.0. The Morgan fingerprint density at radius 2 is 1.97 bits per heavy atom. The summed E-state index contributed by atoms with van der Waals surface area (Å²) in [6, 6.07) is 8.95. The second-order valence-corrected chi connectivity index (χ2v) is 6.96. The van der Waals surface area contributed by atoms with Crippen molar-refractivity contribution in [1.29, 1.82) is 0 Å². The summed E-state index contributed by atoms with van der Waals surface area (Å²) in [6.07, 6.45) is -0.346. The van der Waals surface area contributed by atoms with Crippen LogP contribution in [0.5, 0.6) is 0 Å². The fraction of sp³-hybridized carbons (Fsp3) is 0.409. The number of alkyl halides is 3. The molecule has 31 heavy (non-hydrogen) atoms. The van der Waals surface area contributed by atoms with Crippen LogP contribution in [0.2, 0.25) is 0 Å². The highest BCUT2D eigenvalue weighted by Crippen LogP contribution is 2.29. The van der Waals surface area contributed by atoms with E-state index >= 15 is 0 Å². The average molecular weight is 546 g/mol. The van der Waals surface area contributed by atoms with Gasteiger partial charge in [-0.2, -0.15) is 13.2 Å². The normalized spacial score (nSPS) is 15.5. The number of hydrogen-bond acceptors (Lipinski definition) is 3. The highest BCUT2D eigenvalue weighted by Gasteiger charge is 2.30. The van der Waals surface area contributed by atoms with Gasteiger partial charge in [-0.05, 0) is 56.3 Å². The van der Waals surface area contributed by atoms with Crippen molar-refractivity contribution in [2.24, 2.45) is 4.99 Å². The molecule has 3 rings (SSSR count). The number of benzene rings is 1. The molecule has 9 heteroatoms. The van der Waals surface area contributed by atoms with Crippen molar-refractivity contribution in [3.63, 3.8) is 0 Å². The van der Waals surface area contributed by atoms with E-state index in [1.165, 1.54) is 18.9 Å². The fourth-order valence-electron chi connectivity index (χ4n) is 3.41. The predicted molar refractivity (Wildman–Crippen MR) is 125 cm³/mol. The smallest absolute Gasteiger partial charge is 0.416 e. The third kappa shape index (κ3) is 7.47. The minimum absolute atomic E-state index is 0. The van der Waals surface area contributed by atoms with Crippen molar-refractivity contribution in [3.8, 4) is 11.8 Å². The van der Waals surface area contributed by atoms with Crippen LogP contribution >= 0.6 is 24.0 Å². The number of aliphatic imine (C=N–C) groups is 1. The molecule has 5 nitrogen and oxygen atoms in total. The topological polar surface area (TPSA) is 52.8 Å². The zero-order valence-corrected chi connectivity index (χ0v) is 19.5. The van der Waals surface area contributed by atoms with Crippen LogP contribution in [-0.4, -0.2) is 44.1 Å². The molecule has 1 atom stereocenters. The third-order valence-electron chi connectivity index (χ3n) is 4.91. The van der Waals surface area contributed by atoms with Crippen LogP contribution in [0.1, 0.15) is 35.8 Å². The monoisotopic (exact) mass is 546 g/mol. The lowest BCUT2D eigenvalue weighted by molar-refractivity contribution is -0.137. The zero-order valence-electron chi connectivity index (χ0n) is 17.2. The molecule has 1 aliphatic rings. The molecule has 1 aromatic carbocycles. The van der Waals surface area contributed by atoms with Crippen LogP contribution in [0, 0.1) is 11.8 Å². The van der Waals surface area contributed by atoms with E-state index in [4.69, 9.17) is 4.42 Å². The molecule has 1 fully saturated rings. The molecule has 1 saturated heterocycles. The Bertz CT molecular complexity index is 897. The maximum absolute atomic E-state index is 12.8. The van der Waals surface area contributed by atoms with Gasteiger partial charge in [0.25, 0.3) is 0 Å². The van der Waals surface area contributed by atoms with Gasteiger partial charge >= 0.3 is 6.18 Å². The molecule has 0 saturated carbocycles. The molecule has 0 bridgehead atoms. The quantitative estimate of drug-likeness (QED) is 0.255. The van der Waals surface area contributed by atoms with Gasteiger partial charge in [0.05, 0.1) is 24.4 Å². The Labute approximate surface area is 197 Å². The molecule has 0 aliphatic carbocycles. The van der Waals surface area contributed by atoms with Crippen LogP contribution in [0.25, 0.3) is 0 Å². The van der Waals surface area contributed by atoms with Crippen molar-refractivity contribution >= 4 is 29.9 Å². The molecule has 2 N–H and O–H groups in total. The first-order chi connectivity index (χ1) is 14.5. The summed E-state index contributed by atoms with van der Waals surface area (Å²) in [7, 11) is 1.66. The Morgan fingerprint density at radius 1 is 1.19 bits per heavy atom. The SMILES string of the molecule is CN=C(NCC#Cc1cccc(C(F)(F)F)c1)NCC(c1ccco1)N1CCCC1.I. The summed E-state index contributed by atoms with van der Waals surface area (Å²) in [5.41, 5.74) is -0.382. The summed E-state index contributed by atoms with van der Waals surface area (Å²) in [5, 5.41) is 6.35. The highest BCUT2D eigenvalue weighted by atomic mass is 127. The summed E-state index contributed by atoms with van der Waals surface area (Å²) < 4.78 is 43.9. The lowest BCUT2D eigenvalue weighted by Gasteiger charge is -2.26. The van der Waals surface area contributed by atoms with Crippen molar-refractivity contribution in [3.05, 3.63) is 59.5 Å². The first-order valence-corrected chi connectivity index (χ1v) is 9.85. The van der Waals surface area contributed by atoms with Crippen LogP contribution in [-0.2, 0) is 6.18 Å². The second kappa shape index (κ2) is 12.0. The van der Waals surface area contributed by atoms with Crippen molar-refractivity contribution in [2.75, 3.05) is 33.2 Å². The number of guanidine groups is 1. The molecular weight excluding hydrogens is 520 g/mol. The van der Waals surface area contributed by atoms with E-state index in [1.807, 2.05) is 12.1 Å². The Hall–Kier alpha value is -2.19. The molecular formula is C22H26F3IN4O. The molecule has 0 radical (unpaired) electrons. The van der Waals surface area contributed by atoms with Gasteiger partial charge in [0.2, 0.25) is 0 Å². The number of rotatable bonds is 5. The van der Waals surface area contributed by atoms with E-state index in [9.17, 15) is 13.2 Å². The van der Waals surface area contributed by atoms with E-state index in [0.717, 1.165) is 31.0 Å². The van der Waals surface area contributed by atoms with Gasteiger partial charge in [-0.15, -0.1) is 24.0 Å². The second-order valence-electron chi connectivity index (χ2n) is 6.96. The van der Waals surface area contributed by atoms with E-state index in [-0.39, 0.29) is 36.6 Å². The van der Waals surface area contributed by atoms with Crippen LogP contribution in [0.15, 0.2) is 52.1 Å². The average Bonchev–Trinajstić information content (AvgIpc) is 3.44. The Kier molecular flexibility index (Phi) is 9.71. The fourth-order valence-corrected chi connectivity index (χ4v) is 3.41. The van der Waals surface area contributed by atoms with Crippen LogP contribution in [0.3, 0.4) is 0 Å². The molecule has 1 unspecified atom stereocenters. The van der Waals surface area contributed by atoms with Crippen LogP contribution in [0.4, 0.5) is 13.2 Å². The molecule has 2 heterocycles. The number of nitrogens with one attached hydrogen (secondary N) is 2.